The molecule has 4 amide bonds. The number of rotatable bonds is 16. The summed E-state index contributed by atoms with van der Waals surface area (Å²) in [5.41, 5.74) is 18.6. The van der Waals surface area contributed by atoms with Gasteiger partial charge in [0, 0.05) is 56.5 Å². The minimum Gasteiger partial charge on any atom is -0.507 e. The largest absolute Gasteiger partial charge is 0.507 e. The number of hydrogen-bond acceptors (Lipinski definition) is 12. The van der Waals surface area contributed by atoms with Crippen LogP contribution in [0.25, 0.3) is 16.1 Å². The van der Waals surface area contributed by atoms with Crippen LogP contribution in [-0.4, -0.2) is 92.6 Å². The van der Waals surface area contributed by atoms with E-state index in [1.54, 1.807) is 35.6 Å². The Kier molecular flexibility index (Phi) is 15.3. The maximum Gasteiger partial charge on any atom is 0.246 e. The van der Waals surface area contributed by atoms with Crippen LogP contribution in [0.2, 0.25) is 0 Å². The van der Waals surface area contributed by atoms with Gasteiger partial charge in [-0.1, -0.05) is 93.9 Å². The van der Waals surface area contributed by atoms with Gasteiger partial charge in [-0.05, 0) is 60.4 Å². The highest BCUT2D eigenvalue weighted by atomic mass is 32.1. The maximum atomic E-state index is 14.1. The molecule has 0 radical (unpaired) electrons. The molecule has 16 heteroatoms. The van der Waals surface area contributed by atoms with Gasteiger partial charge in [-0.2, -0.15) is 0 Å². The SMILES string of the molecule is Cc1ncsc1-c1ccc(CNC(=O)[C@@H]2C[C@@H](O)CN2C(=O)[C@@H](NC(=O)CCCCCC(=O)N2CC(OC3=C(N)NNC(c4ccccc4O)=C3)CC(c3ccccc3)C2)C(C)(C)C)cc1. The van der Waals surface area contributed by atoms with Crippen LogP contribution in [0.4, 0.5) is 0 Å². The van der Waals surface area contributed by atoms with E-state index < -0.39 is 29.5 Å². The summed E-state index contributed by atoms with van der Waals surface area (Å²) < 4.78 is 6.50. The van der Waals surface area contributed by atoms with Crippen LogP contribution in [-0.2, 0) is 30.5 Å². The van der Waals surface area contributed by atoms with Crippen LogP contribution in [0.1, 0.15) is 94.0 Å². The molecule has 66 heavy (non-hydrogen) atoms. The zero-order valence-electron chi connectivity index (χ0n) is 38.1. The number of unbranched alkanes of at least 4 members (excludes halogenated alkanes) is 2. The highest BCUT2D eigenvalue weighted by Gasteiger charge is 2.44. The number of aryl methyl sites for hydroxylation is 1. The fourth-order valence-corrected chi connectivity index (χ4v) is 9.60. The van der Waals surface area contributed by atoms with Gasteiger partial charge in [-0.25, -0.2) is 4.98 Å². The molecular weight excluding hydrogens is 857 g/mol. The molecular formula is C50H62N8O7S. The third kappa shape index (κ3) is 11.9. The molecule has 5 atom stereocenters. The smallest absolute Gasteiger partial charge is 0.246 e. The molecule has 3 aliphatic heterocycles. The van der Waals surface area contributed by atoms with Gasteiger partial charge in [-0.3, -0.25) is 30.0 Å². The lowest BCUT2D eigenvalue weighted by Gasteiger charge is -2.39. The molecule has 3 aromatic carbocycles. The number of thiazole rings is 1. The first-order valence-electron chi connectivity index (χ1n) is 22.7. The van der Waals surface area contributed by atoms with Crippen molar-refractivity contribution in [2.75, 3.05) is 19.6 Å². The molecule has 1 aromatic heterocycles. The van der Waals surface area contributed by atoms with Crippen molar-refractivity contribution < 1.29 is 34.1 Å². The summed E-state index contributed by atoms with van der Waals surface area (Å²) >= 11 is 1.57. The molecule has 2 unspecified atom stereocenters. The lowest BCUT2D eigenvalue weighted by Crippen LogP contribution is -2.57. The van der Waals surface area contributed by atoms with Crippen molar-refractivity contribution in [3.8, 4) is 16.2 Å². The number of aliphatic hydroxyl groups excluding tert-OH is 1. The number of para-hydroxylation sites is 1. The predicted octanol–water partition coefficient (Wildman–Crippen LogP) is 5.56. The molecule has 0 saturated carbocycles. The van der Waals surface area contributed by atoms with Crippen molar-refractivity contribution in [3.05, 3.63) is 124 Å². The van der Waals surface area contributed by atoms with Crippen molar-refractivity contribution in [2.24, 2.45) is 11.1 Å². The number of allylic oxidation sites excluding steroid dienone is 1. The number of carbonyl (C=O) groups is 4. The summed E-state index contributed by atoms with van der Waals surface area (Å²) in [5.74, 6) is -0.247. The summed E-state index contributed by atoms with van der Waals surface area (Å²) in [5, 5.41) is 27.0. The second-order valence-electron chi connectivity index (χ2n) is 18.5. The van der Waals surface area contributed by atoms with E-state index in [1.165, 1.54) is 4.90 Å². The van der Waals surface area contributed by atoms with Crippen LogP contribution in [0.15, 0.2) is 102 Å². The number of aromatic nitrogens is 1. The van der Waals surface area contributed by atoms with Crippen LogP contribution >= 0.6 is 11.3 Å². The summed E-state index contributed by atoms with van der Waals surface area (Å²) in [7, 11) is 0. The quantitative estimate of drug-likeness (QED) is 0.0692. The molecule has 2 saturated heterocycles. The third-order valence-corrected chi connectivity index (χ3v) is 13.4. The Balaban J connectivity index is 0.897. The summed E-state index contributed by atoms with van der Waals surface area (Å²) in [6, 6.07) is 23.1. The number of nitrogens with zero attached hydrogens (tertiary/aromatic N) is 3. The Bertz CT molecular complexity index is 2410. The number of phenolic OH excluding ortho intramolecular Hbond substituents is 1. The van der Waals surface area contributed by atoms with Crippen molar-refractivity contribution in [1.29, 1.82) is 0 Å². The summed E-state index contributed by atoms with van der Waals surface area (Å²) in [6.45, 7) is 8.71. The Hall–Kier alpha value is -6.39. The number of phenols is 1. The average Bonchev–Trinajstić information content (AvgIpc) is 3.93. The van der Waals surface area contributed by atoms with Crippen molar-refractivity contribution in [1.82, 2.24) is 36.3 Å². The zero-order chi connectivity index (χ0) is 47.0. The molecule has 15 nitrogen and oxygen atoms in total. The average molecular weight is 919 g/mol. The number of carbonyl (C=O) groups excluding carboxylic acids is 4. The number of β-amino-alcohol motifs (C(OH)–C–C–N with tert-alkyl or cyclic N) is 1. The molecule has 8 N–H and O–H groups in total. The number of benzene rings is 3. The second-order valence-corrected chi connectivity index (χ2v) is 19.3. The predicted molar refractivity (Wildman–Crippen MR) is 254 cm³/mol. The minimum atomic E-state index is -0.930. The fourth-order valence-electron chi connectivity index (χ4n) is 8.78. The lowest BCUT2D eigenvalue weighted by molar-refractivity contribution is -0.144. The number of hydrazine groups is 1. The molecule has 0 bridgehead atoms. The number of piperidine rings is 1. The van der Waals surface area contributed by atoms with Gasteiger partial charge in [0.1, 0.15) is 23.9 Å². The highest BCUT2D eigenvalue weighted by molar-refractivity contribution is 7.13. The number of nitrogens with two attached hydrogens (primary N) is 1. The number of aromatic hydroxyl groups is 1. The Morgan fingerprint density at radius 1 is 0.924 bits per heavy atom. The second kappa shape index (κ2) is 21.3. The normalized spacial score (nSPS) is 20.2. The van der Waals surface area contributed by atoms with Crippen LogP contribution < -0.4 is 27.2 Å². The topological polar surface area (TPSA) is 211 Å². The summed E-state index contributed by atoms with van der Waals surface area (Å²) in [4.78, 5) is 63.5. The first-order valence-corrected chi connectivity index (χ1v) is 23.6. The molecule has 3 aliphatic rings. The summed E-state index contributed by atoms with van der Waals surface area (Å²) in [6.07, 6.45) is 3.45. The Morgan fingerprint density at radius 3 is 2.36 bits per heavy atom. The standard InChI is InChI=1S/C50H62N8O7S/c1-31-45(66-30-53-31)34-21-19-32(20-22-34)26-52-48(63)40-24-36(59)28-58(40)49(64)46(50(2,3)4)54-43(61)17-9-6-10-18-44(62)57-27-35(33-13-7-5-8-14-33)23-37(29-57)65-42-25-39(55-56-47(42)51)38-15-11-12-16-41(38)60/h5,7-8,11-16,19-22,25,30,35-37,40,46,55-56,59-60H,6,9-10,17-18,23-24,26-29,51H2,1-4H3,(H,52,63)(H,54,61)/t35?,36-,37?,40+,46-/m1/s1. The van der Waals surface area contributed by atoms with E-state index in [2.05, 4.69) is 38.6 Å². The van der Waals surface area contributed by atoms with E-state index in [9.17, 15) is 29.4 Å². The van der Waals surface area contributed by atoms with Crippen molar-refractivity contribution in [2.45, 2.75) is 109 Å². The van der Waals surface area contributed by atoms with Gasteiger partial charge in [-0.15, -0.1) is 11.3 Å². The van der Waals surface area contributed by atoms with Crippen molar-refractivity contribution in [3.63, 3.8) is 0 Å². The van der Waals surface area contributed by atoms with E-state index in [0.29, 0.717) is 62.2 Å². The molecule has 4 aromatic rings. The minimum absolute atomic E-state index is 0.00538. The molecule has 350 valence electrons. The highest BCUT2D eigenvalue weighted by Crippen LogP contribution is 2.33. The van der Waals surface area contributed by atoms with Gasteiger partial charge < -0.3 is 41.1 Å². The monoisotopic (exact) mass is 918 g/mol. The van der Waals surface area contributed by atoms with Crippen LogP contribution in [0.3, 0.4) is 0 Å². The van der Waals surface area contributed by atoms with E-state index >= 15 is 0 Å². The lowest BCUT2D eigenvalue weighted by atomic mass is 9.85. The van der Waals surface area contributed by atoms with Crippen LogP contribution in [0, 0.1) is 12.3 Å². The zero-order valence-corrected chi connectivity index (χ0v) is 38.9. The Morgan fingerprint density at radius 2 is 1.65 bits per heavy atom. The van der Waals surface area contributed by atoms with E-state index in [0.717, 1.165) is 27.3 Å². The van der Waals surface area contributed by atoms with Gasteiger partial charge in [0.15, 0.2) is 11.6 Å². The fraction of sp³-hybridized carbons (Fsp3) is 0.420. The van der Waals surface area contributed by atoms with E-state index in [1.807, 2.05) is 86.6 Å². The number of nitrogens with one attached hydrogen (secondary N) is 4. The Labute approximate surface area is 390 Å². The number of aliphatic hydroxyl groups is 1. The first-order chi connectivity index (χ1) is 31.6. The van der Waals surface area contributed by atoms with Crippen molar-refractivity contribution >= 4 is 40.7 Å². The molecule has 2 fully saturated rings. The molecule has 0 aliphatic carbocycles. The molecule has 0 spiro atoms. The number of hydrogen-bond donors (Lipinski definition) is 7. The number of amides is 4. The van der Waals surface area contributed by atoms with E-state index in [4.69, 9.17) is 10.5 Å². The van der Waals surface area contributed by atoms with Crippen LogP contribution in [0.5, 0.6) is 5.75 Å². The van der Waals surface area contributed by atoms with E-state index in [-0.39, 0.29) is 67.2 Å². The third-order valence-electron chi connectivity index (χ3n) is 12.4. The molecule has 4 heterocycles. The van der Waals surface area contributed by atoms with Gasteiger partial charge in [0.05, 0.1) is 34.4 Å². The first kappa shape index (κ1) is 47.6. The van der Waals surface area contributed by atoms with Gasteiger partial charge in [0.2, 0.25) is 23.6 Å². The maximum absolute atomic E-state index is 14.1. The number of ether oxygens (including phenoxy) is 1. The molecule has 7 rings (SSSR count). The number of likely N-dealkylation sites (tertiary alicyclic amines) is 2. The van der Waals surface area contributed by atoms with Gasteiger partial charge >= 0.3 is 0 Å². The van der Waals surface area contributed by atoms with Gasteiger partial charge in [0.25, 0.3) is 0 Å².